The fourth-order valence-corrected chi connectivity index (χ4v) is 3.64. The first-order valence-electron chi connectivity index (χ1n) is 9.41. The average molecular weight is 408 g/mol. The number of likely N-dealkylation sites (N-methyl/N-ethyl adjacent to an activating group) is 1. The molecule has 0 aliphatic heterocycles. The first-order chi connectivity index (χ1) is 14.0. The second kappa shape index (κ2) is 9.49. The molecular weight excluding hydrogens is 382 g/mol. The third-order valence-corrected chi connectivity index (χ3v) is 5.46. The third-order valence-electron chi connectivity index (χ3n) is 4.61. The van der Waals surface area contributed by atoms with Crippen molar-refractivity contribution < 1.29 is 9.59 Å². The van der Waals surface area contributed by atoms with Crippen LogP contribution in [0, 0.1) is 0 Å². The predicted octanol–water partition coefficient (Wildman–Crippen LogP) is 4.38. The largest absolute Gasteiger partial charge is 0.322 e. The third kappa shape index (κ3) is 5.31. The fourth-order valence-electron chi connectivity index (χ4n) is 2.94. The molecular formula is C23H25N3O2S. The normalized spacial score (nSPS) is 10.8. The van der Waals surface area contributed by atoms with Crippen molar-refractivity contribution in [3.8, 4) is 0 Å². The van der Waals surface area contributed by atoms with E-state index in [2.05, 4.69) is 10.2 Å². The van der Waals surface area contributed by atoms with Gasteiger partial charge in [0.15, 0.2) is 0 Å². The zero-order chi connectivity index (χ0) is 20.8. The zero-order valence-corrected chi connectivity index (χ0v) is 17.7. The van der Waals surface area contributed by atoms with Crippen LogP contribution in [0.3, 0.4) is 0 Å². The molecule has 0 bridgehead atoms. The van der Waals surface area contributed by atoms with Crippen LogP contribution in [0.4, 0.5) is 11.4 Å². The van der Waals surface area contributed by atoms with E-state index in [0.717, 1.165) is 18.7 Å². The summed E-state index contributed by atoms with van der Waals surface area (Å²) >= 11 is 1.38. The summed E-state index contributed by atoms with van der Waals surface area (Å²) in [5, 5.41) is 4.80. The number of amides is 2. The van der Waals surface area contributed by atoms with Crippen LogP contribution in [0.5, 0.6) is 0 Å². The van der Waals surface area contributed by atoms with Gasteiger partial charge in [-0.25, -0.2) is 0 Å². The lowest BCUT2D eigenvalue weighted by Gasteiger charge is -2.20. The van der Waals surface area contributed by atoms with Gasteiger partial charge in [-0.1, -0.05) is 30.3 Å². The number of carbonyl (C=O) groups excluding carboxylic acids is 2. The molecule has 0 unspecified atom stereocenters. The van der Waals surface area contributed by atoms with Gasteiger partial charge in [0.25, 0.3) is 11.8 Å². The molecule has 5 nitrogen and oxygen atoms in total. The van der Waals surface area contributed by atoms with Gasteiger partial charge < -0.3 is 15.1 Å². The van der Waals surface area contributed by atoms with Crippen molar-refractivity contribution in [2.24, 2.45) is 0 Å². The lowest BCUT2D eigenvalue weighted by atomic mass is 10.1. The van der Waals surface area contributed by atoms with E-state index in [4.69, 9.17) is 0 Å². The van der Waals surface area contributed by atoms with E-state index in [0.29, 0.717) is 16.1 Å². The highest BCUT2D eigenvalue weighted by Crippen LogP contribution is 2.24. The highest BCUT2D eigenvalue weighted by Gasteiger charge is 2.20. The Hall–Kier alpha value is -2.96. The molecule has 1 aromatic heterocycles. The van der Waals surface area contributed by atoms with Crippen LogP contribution in [0.2, 0.25) is 0 Å². The Kier molecular flexibility index (Phi) is 6.80. The number of carbonyl (C=O) groups is 2. The molecule has 0 atom stereocenters. The maximum Gasteiger partial charge on any atom is 0.268 e. The number of nitrogens with one attached hydrogen (secondary N) is 1. The molecule has 0 spiro atoms. The van der Waals surface area contributed by atoms with Gasteiger partial charge in [-0.15, -0.1) is 11.3 Å². The quantitative estimate of drug-likeness (QED) is 0.632. The van der Waals surface area contributed by atoms with Gasteiger partial charge in [0.05, 0.1) is 16.1 Å². The summed E-state index contributed by atoms with van der Waals surface area (Å²) in [7, 11) is 5.78. The highest BCUT2D eigenvalue weighted by molar-refractivity contribution is 7.12. The van der Waals surface area contributed by atoms with E-state index in [1.807, 2.05) is 55.9 Å². The fraction of sp³-hybridized carbons (Fsp3) is 0.217. The molecule has 3 rings (SSSR count). The van der Waals surface area contributed by atoms with E-state index in [1.54, 1.807) is 31.3 Å². The van der Waals surface area contributed by atoms with Crippen LogP contribution in [0.25, 0.3) is 0 Å². The van der Waals surface area contributed by atoms with E-state index in [1.165, 1.54) is 21.8 Å². The summed E-state index contributed by atoms with van der Waals surface area (Å²) in [6.07, 6.45) is 0.958. The summed E-state index contributed by atoms with van der Waals surface area (Å²) in [5.74, 6) is -0.377. The van der Waals surface area contributed by atoms with Crippen LogP contribution in [0.1, 0.15) is 25.6 Å². The number of thiophene rings is 1. The lowest BCUT2D eigenvalue weighted by molar-refractivity contribution is 0.0996. The molecule has 0 saturated heterocycles. The van der Waals surface area contributed by atoms with Gasteiger partial charge >= 0.3 is 0 Å². The van der Waals surface area contributed by atoms with E-state index < -0.39 is 0 Å². The van der Waals surface area contributed by atoms with Gasteiger partial charge in [0.2, 0.25) is 0 Å². The van der Waals surface area contributed by atoms with Gasteiger partial charge in [-0.3, -0.25) is 9.59 Å². The Bertz CT molecular complexity index is 966. The van der Waals surface area contributed by atoms with Gasteiger partial charge in [0.1, 0.15) is 0 Å². The average Bonchev–Trinajstić information content (AvgIpc) is 3.27. The number of para-hydroxylation sites is 1. The summed E-state index contributed by atoms with van der Waals surface area (Å²) in [6, 6.07) is 18.6. The van der Waals surface area contributed by atoms with Crippen molar-refractivity contribution in [3.63, 3.8) is 0 Å². The molecule has 0 aliphatic carbocycles. The Morgan fingerprint density at radius 2 is 1.66 bits per heavy atom. The smallest absolute Gasteiger partial charge is 0.268 e. The Morgan fingerprint density at radius 3 is 2.31 bits per heavy atom. The van der Waals surface area contributed by atoms with Crippen molar-refractivity contribution in [2.45, 2.75) is 6.42 Å². The molecule has 3 aromatic rings. The number of anilines is 2. The van der Waals surface area contributed by atoms with Crippen molar-refractivity contribution in [2.75, 3.05) is 37.9 Å². The molecule has 0 fully saturated rings. The molecule has 0 aliphatic rings. The number of rotatable bonds is 7. The van der Waals surface area contributed by atoms with Gasteiger partial charge in [-0.2, -0.15) is 0 Å². The lowest BCUT2D eigenvalue weighted by Crippen LogP contribution is -2.28. The Labute approximate surface area is 175 Å². The molecule has 2 aromatic carbocycles. The first kappa shape index (κ1) is 20.8. The molecule has 2 amide bonds. The van der Waals surface area contributed by atoms with Gasteiger partial charge in [-0.05, 0) is 61.8 Å². The van der Waals surface area contributed by atoms with Crippen LogP contribution in [-0.4, -0.2) is 44.4 Å². The van der Waals surface area contributed by atoms with Crippen LogP contribution in [-0.2, 0) is 6.42 Å². The maximum absolute atomic E-state index is 12.9. The van der Waals surface area contributed by atoms with Gasteiger partial charge in [0, 0.05) is 19.3 Å². The predicted molar refractivity (Wildman–Crippen MR) is 120 cm³/mol. The first-order valence-corrected chi connectivity index (χ1v) is 10.3. The maximum atomic E-state index is 12.9. The minimum absolute atomic E-state index is 0.134. The zero-order valence-electron chi connectivity index (χ0n) is 16.9. The number of hydrogen-bond donors (Lipinski definition) is 1. The Balaban J connectivity index is 1.74. The summed E-state index contributed by atoms with van der Waals surface area (Å²) < 4.78 is 0. The van der Waals surface area contributed by atoms with E-state index in [-0.39, 0.29) is 11.8 Å². The molecule has 150 valence electrons. The second-order valence-electron chi connectivity index (χ2n) is 7.06. The summed E-state index contributed by atoms with van der Waals surface area (Å²) in [4.78, 5) is 29.9. The molecule has 1 heterocycles. The second-order valence-corrected chi connectivity index (χ2v) is 8.01. The van der Waals surface area contributed by atoms with E-state index in [9.17, 15) is 9.59 Å². The topological polar surface area (TPSA) is 52.7 Å². The molecule has 6 heteroatoms. The molecule has 1 N–H and O–H groups in total. The molecule has 0 radical (unpaired) electrons. The standard InChI is InChI=1S/C23H25N3O2S/c1-25(2)15-14-17-10-12-18(13-11-17)24-22(27)19-7-4-5-8-20(19)26(3)23(28)21-9-6-16-29-21/h4-13,16H,14-15H2,1-3H3,(H,24,27). The molecule has 0 saturated carbocycles. The number of benzene rings is 2. The monoisotopic (exact) mass is 407 g/mol. The minimum atomic E-state index is -0.243. The van der Waals surface area contributed by atoms with Crippen LogP contribution >= 0.6 is 11.3 Å². The Morgan fingerprint density at radius 1 is 0.931 bits per heavy atom. The van der Waals surface area contributed by atoms with Crippen molar-refractivity contribution in [1.29, 1.82) is 0 Å². The van der Waals surface area contributed by atoms with Crippen molar-refractivity contribution >= 4 is 34.5 Å². The number of hydrogen-bond acceptors (Lipinski definition) is 4. The summed E-state index contributed by atoms with van der Waals surface area (Å²) in [6.45, 7) is 0.976. The number of nitrogens with zero attached hydrogens (tertiary/aromatic N) is 2. The van der Waals surface area contributed by atoms with Crippen molar-refractivity contribution in [1.82, 2.24) is 4.90 Å². The van der Waals surface area contributed by atoms with Crippen LogP contribution < -0.4 is 10.2 Å². The van der Waals surface area contributed by atoms with E-state index >= 15 is 0 Å². The summed E-state index contributed by atoms with van der Waals surface area (Å²) in [5.41, 5.74) is 2.98. The SMILES string of the molecule is CN(C)CCc1ccc(NC(=O)c2ccccc2N(C)C(=O)c2cccs2)cc1. The highest BCUT2D eigenvalue weighted by atomic mass is 32.1. The van der Waals surface area contributed by atoms with Crippen molar-refractivity contribution in [3.05, 3.63) is 82.0 Å². The minimum Gasteiger partial charge on any atom is -0.322 e. The van der Waals surface area contributed by atoms with Crippen LogP contribution in [0.15, 0.2) is 66.0 Å². The molecule has 29 heavy (non-hydrogen) atoms.